The number of carbonyl (C=O) groups excluding carboxylic acids is 3. The number of rotatable bonds is 10. The van der Waals surface area contributed by atoms with Crippen LogP contribution in [0.15, 0.2) is 66.7 Å². The Bertz CT molecular complexity index is 1560. The summed E-state index contributed by atoms with van der Waals surface area (Å²) in [5, 5.41) is 18.5. The molecular weight excluding hydrogens is 626 g/mol. The van der Waals surface area contributed by atoms with Crippen molar-refractivity contribution in [1.82, 2.24) is 4.90 Å². The van der Waals surface area contributed by atoms with Crippen LogP contribution < -0.4 is 15.4 Å². The number of carbonyl (C=O) groups is 3. The quantitative estimate of drug-likeness (QED) is 0.264. The van der Waals surface area contributed by atoms with Gasteiger partial charge < -0.3 is 30.1 Å². The van der Waals surface area contributed by atoms with Gasteiger partial charge in [-0.15, -0.1) is 0 Å². The van der Waals surface area contributed by atoms with E-state index in [1.807, 2.05) is 63.2 Å². The zero-order chi connectivity index (χ0) is 31.2. The van der Waals surface area contributed by atoms with Crippen molar-refractivity contribution >= 4 is 55.8 Å². The Kier molecular flexibility index (Phi) is 8.43. The summed E-state index contributed by atoms with van der Waals surface area (Å²) in [5.41, 5.74) is -0.0670. The summed E-state index contributed by atoms with van der Waals surface area (Å²) in [5.74, 6) is -1.94. The van der Waals surface area contributed by atoms with Crippen LogP contribution in [-0.4, -0.2) is 69.6 Å². The van der Waals surface area contributed by atoms with Gasteiger partial charge in [0.15, 0.2) is 0 Å². The summed E-state index contributed by atoms with van der Waals surface area (Å²) in [4.78, 5) is 43.9. The topological polar surface area (TPSA) is 117 Å². The molecule has 9 nitrogen and oxygen atoms in total. The summed E-state index contributed by atoms with van der Waals surface area (Å²) in [6.45, 7) is 6.14. The minimum atomic E-state index is -1.23. The van der Waals surface area contributed by atoms with Crippen molar-refractivity contribution in [3.05, 3.63) is 66.7 Å². The van der Waals surface area contributed by atoms with E-state index in [2.05, 4.69) is 26.6 Å². The molecule has 3 aromatic carbocycles. The van der Waals surface area contributed by atoms with Crippen LogP contribution in [0.25, 0.3) is 10.8 Å². The number of aliphatic hydroxyl groups is 1. The van der Waals surface area contributed by atoms with E-state index in [1.165, 1.54) is 4.90 Å². The maximum absolute atomic E-state index is 14.4. The van der Waals surface area contributed by atoms with Crippen LogP contribution in [0.2, 0.25) is 0 Å². The molecule has 3 aliphatic heterocycles. The van der Waals surface area contributed by atoms with E-state index in [4.69, 9.17) is 9.47 Å². The first-order valence-electron chi connectivity index (χ1n) is 15.2. The lowest BCUT2D eigenvalue weighted by molar-refractivity contribution is -0.143. The average Bonchev–Trinajstić information content (AvgIpc) is 3.60. The number of nitrogens with one attached hydrogen (secondary N) is 2. The Morgan fingerprint density at radius 2 is 1.73 bits per heavy atom. The van der Waals surface area contributed by atoms with Gasteiger partial charge in [0, 0.05) is 16.2 Å². The van der Waals surface area contributed by atoms with Crippen molar-refractivity contribution in [2.24, 2.45) is 17.8 Å². The normalized spacial score (nSPS) is 27.9. The molecule has 0 aliphatic carbocycles. The van der Waals surface area contributed by atoms with E-state index in [1.54, 1.807) is 24.3 Å². The third kappa shape index (κ3) is 5.26. The maximum atomic E-state index is 14.4. The number of anilines is 2. The van der Waals surface area contributed by atoms with Gasteiger partial charge in [-0.2, -0.15) is 0 Å². The number of nitrogens with zero attached hydrogens (tertiary/aromatic N) is 1. The number of alkyl halides is 1. The zero-order valence-electron chi connectivity index (χ0n) is 25.0. The van der Waals surface area contributed by atoms with Gasteiger partial charge in [-0.05, 0) is 72.9 Å². The third-order valence-corrected chi connectivity index (χ3v) is 9.92. The van der Waals surface area contributed by atoms with Gasteiger partial charge in [0.25, 0.3) is 0 Å². The molecule has 0 saturated carbocycles. The van der Waals surface area contributed by atoms with Gasteiger partial charge in [0.05, 0.1) is 37.2 Å². The standard InChI is InChI=1S/C34H38BrN3O6/c1-4-43-25-13-11-22(12-14-25)36-31(40)27-28-33(42)38(24(18-39)15-19(2)3)30(34(28)17-26(35)29(27)44-34)32(41)37-23-10-9-20-7-5-6-8-21(20)16-23/h5-14,16,19,24,26-30,39H,4,15,17-18H2,1-3H3,(H,36,40)(H,37,41)/t24-,26?,27-,28+,29-,30?,34?/m1/s1. The summed E-state index contributed by atoms with van der Waals surface area (Å²) in [6.07, 6.45) is 0.282. The first-order chi connectivity index (χ1) is 21.2. The molecular formula is C34H38BrN3O6. The molecule has 0 aromatic heterocycles. The largest absolute Gasteiger partial charge is 0.494 e. The van der Waals surface area contributed by atoms with Crippen molar-refractivity contribution in [2.45, 2.75) is 62.2 Å². The number of hydrogen-bond acceptors (Lipinski definition) is 6. The first-order valence-corrected chi connectivity index (χ1v) is 16.2. The third-order valence-electron chi connectivity index (χ3n) is 9.08. The number of amides is 3. The molecule has 3 aliphatic rings. The maximum Gasteiger partial charge on any atom is 0.250 e. The van der Waals surface area contributed by atoms with E-state index in [0.717, 1.165) is 10.8 Å². The van der Waals surface area contributed by atoms with E-state index < -0.39 is 41.5 Å². The Hall–Kier alpha value is -3.47. The van der Waals surface area contributed by atoms with Crippen LogP contribution in [0.4, 0.5) is 11.4 Å². The number of halogens is 1. The lowest BCUT2D eigenvalue weighted by atomic mass is 9.70. The molecule has 44 heavy (non-hydrogen) atoms. The van der Waals surface area contributed by atoms with Crippen LogP contribution in [0, 0.1) is 17.8 Å². The number of aliphatic hydroxyl groups excluding tert-OH is 1. The Morgan fingerprint density at radius 1 is 1.05 bits per heavy atom. The number of hydrogen-bond donors (Lipinski definition) is 3. The molecule has 3 aromatic rings. The molecule has 1 spiro atoms. The smallest absolute Gasteiger partial charge is 0.250 e. The van der Waals surface area contributed by atoms with Gasteiger partial charge in [0.2, 0.25) is 17.7 Å². The number of ether oxygens (including phenoxy) is 2. The first kappa shape index (κ1) is 30.6. The molecule has 10 heteroatoms. The highest BCUT2D eigenvalue weighted by Gasteiger charge is 2.77. The number of fused-ring (bicyclic) bond motifs is 2. The van der Waals surface area contributed by atoms with Crippen molar-refractivity contribution < 1.29 is 29.0 Å². The van der Waals surface area contributed by atoms with Crippen LogP contribution in [0.5, 0.6) is 5.75 Å². The highest BCUT2D eigenvalue weighted by Crippen LogP contribution is 2.60. The molecule has 3 saturated heterocycles. The van der Waals surface area contributed by atoms with E-state index in [9.17, 15) is 19.5 Å². The Morgan fingerprint density at radius 3 is 2.41 bits per heavy atom. The molecule has 3 unspecified atom stereocenters. The zero-order valence-corrected chi connectivity index (χ0v) is 26.6. The average molecular weight is 665 g/mol. The van der Waals surface area contributed by atoms with Crippen LogP contribution in [0.3, 0.4) is 0 Å². The Balaban J connectivity index is 1.34. The molecule has 6 rings (SSSR count). The van der Waals surface area contributed by atoms with E-state index >= 15 is 0 Å². The van der Waals surface area contributed by atoms with Gasteiger partial charge >= 0.3 is 0 Å². The predicted molar refractivity (Wildman–Crippen MR) is 172 cm³/mol. The molecule has 0 radical (unpaired) electrons. The van der Waals surface area contributed by atoms with Crippen molar-refractivity contribution in [3.63, 3.8) is 0 Å². The number of benzene rings is 3. The molecule has 2 bridgehead atoms. The highest BCUT2D eigenvalue weighted by atomic mass is 79.9. The lowest BCUT2D eigenvalue weighted by Crippen LogP contribution is -2.56. The molecule has 7 atom stereocenters. The fourth-order valence-electron chi connectivity index (χ4n) is 7.38. The summed E-state index contributed by atoms with van der Waals surface area (Å²) >= 11 is 3.72. The fourth-order valence-corrected chi connectivity index (χ4v) is 8.33. The van der Waals surface area contributed by atoms with Crippen molar-refractivity contribution in [3.8, 4) is 5.75 Å². The predicted octanol–water partition coefficient (Wildman–Crippen LogP) is 4.97. The van der Waals surface area contributed by atoms with Gasteiger partial charge in [-0.25, -0.2) is 0 Å². The molecule has 232 valence electrons. The monoisotopic (exact) mass is 663 g/mol. The fraction of sp³-hybridized carbons (Fsp3) is 0.441. The molecule has 3 heterocycles. The van der Waals surface area contributed by atoms with Gasteiger partial charge in [-0.3, -0.25) is 14.4 Å². The minimum absolute atomic E-state index is 0.155. The van der Waals surface area contributed by atoms with Crippen LogP contribution >= 0.6 is 15.9 Å². The van der Waals surface area contributed by atoms with Crippen LogP contribution in [0.1, 0.15) is 33.6 Å². The summed E-state index contributed by atoms with van der Waals surface area (Å²) in [6, 6.07) is 19.0. The van der Waals surface area contributed by atoms with Crippen molar-refractivity contribution in [1.29, 1.82) is 0 Å². The van der Waals surface area contributed by atoms with E-state index in [-0.39, 0.29) is 29.2 Å². The summed E-state index contributed by atoms with van der Waals surface area (Å²) < 4.78 is 12.1. The van der Waals surface area contributed by atoms with Crippen molar-refractivity contribution in [2.75, 3.05) is 23.8 Å². The molecule has 3 fully saturated rings. The Labute approximate surface area is 265 Å². The van der Waals surface area contributed by atoms with Crippen LogP contribution in [-0.2, 0) is 19.1 Å². The van der Waals surface area contributed by atoms with Gasteiger partial charge in [0.1, 0.15) is 17.4 Å². The second kappa shape index (κ2) is 12.1. The highest BCUT2D eigenvalue weighted by molar-refractivity contribution is 9.09. The van der Waals surface area contributed by atoms with E-state index in [0.29, 0.717) is 36.6 Å². The SMILES string of the molecule is CCOc1ccc(NC(=O)[C@H]2[C@@H]3OC4(CC3Br)C(C(=O)Nc3ccc5ccccc5c3)N([C@@H](CO)CC(C)C)C(=O)[C@H]24)cc1. The second-order valence-corrected chi connectivity index (χ2v) is 13.5. The minimum Gasteiger partial charge on any atom is -0.494 e. The second-order valence-electron chi connectivity index (χ2n) is 12.4. The molecule has 3 amide bonds. The molecule has 3 N–H and O–H groups in total. The number of likely N-dealkylation sites (tertiary alicyclic amines) is 1. The lowest BCUT2D eigenvalue weighted by Gasteiger charge is -2.37. The summed E-state index contributed by atoms with van der Waals surface area (Å²) in [7, 11) is 0. The van der Waals surface area contributed by atoms with Gasteiger partial charge in [-0.1, -0.05) is 60.1 Å².